The standard InChI is InChI=1S/C6H10N4O/c1-3-4-6-7-9-10(8-6)5(2)11/h3-4H2,1-2H3. The highest BCUT2D eigenvalue weighted by atomic mass is 16.2. The summed E-state index contributed by atoms with van der Waals surface area (Å²) < 4.78 is 0. The quantitative estimate of drug-likeness (QED) is 0.614. The van der Waals surface area contributed by atoms with Gasteiger partial charge >= 0.3 is 0 Å². The van der Waals surface area contributed by atoms with Gasteiger partial charge in [0.2, 0.25) is 0 Å². The van der Waals surface area contributed by atoms with Gasteiger partial charge in [-0.2, -0.15) is 0 Å². The Balaban J connectivity index is 2.73. The molecule has 1 aromatic rings. The van der Waals surface area contributed by atoms with Gasteiger partial charge in [0.1, 0.15) is 0 Å². The van der Waals surface area contributed by atoms with Gasteiger partial charge in [0, 0.05) is 13.3 Å². The van der Waals surface area contributed by atoms with Crippen molar-refractivity contribution in [2.45, 2.75) is 26.7 Å². The minimum Gasteiger partial charge on any atom is -0.271 e. The fourth-order valence-electron chi connectivity index (χ4n) is 0.700. The van der Waals surface area contributed by atoms with Gasteiger partial charge in [-0.3, -0.25) is 4.79 Å². The first kappa shape index (κ1) is 7.84. The lowest BCUT2D eigenvalue weighted by atomic mass is 10.3. The van der Waals surface area contributed by atoms with E-state index in [0.29, 0.717) is 5.82 Å². The van der Waals surface area contributed by atoms with Gasteiger partial charge in [-0.1, -0.05) is 11.7 Å². The molecule has 0 aliphatic heterocycles. The van der Waals surface area contributed by atoms with Crippen molar-refractivity contribution < 1.29 is 4.79 Å². The third-order valence-corrected chi connectivity index (χ3v) is 1.21. The second-order valence-electron chi connectivity index (χ2n) is 2.26. The first-order valence-electron chi connectivity index (χ1n) is 3.54. The molecule has 0 bridgehead atoms. The first-order valence-corrected chi connectivity index (χ1v) is 3.54. The summed E-state index contributed by atoms with van der Waals surface area (Å²) in [7, 11) is 0. The minimum atomic E-state index is -0.208. The minimum absolute atomic E-state index is 0.208. The van der Waals surface area contributed by atoms with Crippen LogP contribution >= 0.6 is 0 Å². The van der Waals surface area contributed by atoms with E-state index >= 15 is 0 Å². The summed E-state index contributed by atoms with van der Waals surface area (Å²) in [5.41, 5.74) is 0. The van der Waals surface area contributed by atoms with Gasteiger partial charge < -0.3 is 0 Å². The third kappa shape index (κ3) is 1.83. The maximum Gasteiger partial charge on any atom is 0.263 e. The number of carbonyl (C=O) groups is 1. The number of rotatable bonds is 2. The Kier molecular flexibility index (Phi) is 2.30. The molecule has 0 aliphatic carbocycles. The molecule has 0 atom stereocenters. The van der Waals surface area contributed by atoms with Crippen molar-refractivity contribution in [3.05, 3.63) is 5.82 Å². The second-order valence-corrected chi connectivity index (χ2v) is 2.26. The smallest absolute Gasteiger partial charge is 0.263 e. The molecule has 1 rings (SSSR count). The van der Waals surface area contributed by atoms with Crippen LogP contribution in [-0.4, -0.2) is 26.1 Å². The summed E-state index contributed by atoms with van der Waals surface area (Å²) in [4.78, 5) is 11.7. The highest BCUT2D eigenvalue weighted by molar-refractivity contribution is 5.73. The molecule has 0 spiro atoms. The molecule has 0 fully saturated rings. The lowest BCUT2D eigenvalue weighted by Crippen LogP contribution is -2.09. The molecule has 5 heteroatoms. The van der Waals surface area contributed by atoms with Crippen LogP contribution in [0.4, 0.5) is 0 Å². The highest BCUT2D eigenvalue weighted by Gasteiger charge is 2.03. The molecule has 0 saturated carbocycles. The summed E-state index contributed by atoms with van der Waals surface area (Å²) in [6.45, 7) is 3.42. The zero-order valence-corrected chi connectivity index (χ0v) is 6.61. The zero-order chi connectivity index (χ0) is 8.27. The summed E-state index contributed by atoms with van der Waals surface area (Å²) in [5.74, 6) is 0.419. The maximum atomic E-state index is 10.7. The second kappa shape index (κ2) is 3.23. The van der Waals surface area contributed by atoms with Gasteiger partial charge in [0.15, 0.2) is 5.82 Å². The molecule has 1 heterocycles. The Morgan fingerprint density at radius 3 is 2.82 bits per heavy atom. The van der Waals surface area contributed by atoms with E-state index in [1.165, 1.54) is 6.92 Å². The van der Waals surface area contributed by atoms with E-state index in [0.717, 1.165) is 17.6 Å². The fourth-order valence-corrected chi connectivity index (χ4v) is 0.700. The largest absolute Gasteiger partial charge is 0.271 e. The molecule has 60 valence electrons. The van der Waals surface area contributed by atoms with Crippen LogP contribution in [0.1, 0.15) is 30.9 Å². The molecule has 11 heavy (non-hydrogen) atoms. The molecule has 0 N–H and O–H groups in total. The summed E-state index contributed by atoms with van der Waals surface area (Å²) in [5, 5.41) is 11.1. The fraction of sp³-hybridized carbons (Fsp3) is 0.667. The average Bonchev–Trinajstić information content (AvgIpc) is 2.37. The van der Waals surface area contributed by atoms with Gasteiger partial charge in [0.05, 0.1) is 0 Å². The number of aromatic nitrogens is 4. The number of hydrogen-bond donors (Lipinski definition) is 0. The van der Waals surface area contributed by atoms with Crippen molar-refractivity contribution in [2.75, 3.05) is 0 Å². The highest BCUT2D eigenvalue weighted by Crippen LogP contribution is 1.91. The van der Waals surface area contributed by atoms with Crippen LogP contribution in [0.5, 0.6) is 0 Å². The Hall–Kier alpha value is -1.26. The van der Waals surface area contributed by atoms with Crippen LogP contribution in [0.3, 0.4) is 0 Å². The van der Waals surface area contributed by atoms with Crippen molar-refractivity contribution in [3.8, 4) is 0 Å². The molecule has 0 aliphatic rings. The predicted octanol–water partition coefficient (Wildman–Crippen LogP) is 0.286. The Morgan fingerprint density at radius 2 is 2.36 bits per heavy atom. The lowest BCUT2D eigenvalue weighted by molar-refractivity contribution is 0.0900. The van der Waals surface area contributed by atoms with Crippen LogP contribution < -0.4 is 0 Å². The van der Waals surface area contributed by atoms with E-state index in [2.05, 4.69) is 15.4 Å². The van der Waals surface area contributed by atoms with Crippen molar-refractivity contribution in [3.63, 3.8) is 0 Å². The molecular weight excluding hydrogens is 144 g/mol. The maximum absolute atomic E-state index is 10.7. The summed E-state index contributed by atoms with van der Waals surface area (Å²) in [6, 6.07) is 0. The Bertz CT molecular complexity index is 255. The number of carbonyl (C=O) groups excluding carboxylic acids is 1. The normalized spacial score (nSPS) is 10.0. The van der Waals surface area contributed by atoms with Crippen LogP contribution in [0.25, 0.3) is 0 Å². The van der Waals surface area contributed by atoms with Crippen LogP contribution in [-0.2, 0) is 6.42 Å². The Labute approximate surface area is 64.4 Å². The average molecular weight is 154 g/mol. The molecule has 0 amide bonds. The molecule has 1 aromatic heterocycles. The third-order valence-electron chi connectivity index (χ3n) is 1.21. The van der Waals surface area contributed by atoms with Gasteiger partial charge in [0.25, 0.3) is 5.91 Å². The van der Waals surface area contributed by atoms with Crippen LogP contribution in [0, 0.1) is 0 Å². The molecule has 5 nitrogen and oxygen atoms in total. The van der Waals surface area contributed by atoms with Crippen molar-refractivity contribution in [1.82, 2.24) is 20.2 Å². The molecule has 0 saturated heterocycles. The summed E-state index contributed by atoms with van der Waals surface area (Å²) in [6.07, 6.45) is 1.73. The predicted molar refractivity (Wildman–Crippen MR) is 38.1 cm³/mol. The van der Waals surface area contributed by atoms with Crippen molar-refractivity contribution in [2.24, 2.45) is 0 Å². The van der Waals surface area contributed by atoms with E-state index in [-0.39, 0.29) is 5.91 Å². The SMILES string of the molecule is CCCc1nnn(C(C)=O)n1. The van der Waals surface area contributed by atoms with Gasteiger partial charge in [-0.05, 0) is 11.6 Å². The zero-order valence-electron chi connectivity index (χ0n) is 6.61. The van der Waals surface area contributed by atoms with Crippen molar-refractivity contribution >= 4 is 5.91 Å². The number of hydrogen-bond acceptors (Lipinski definition) is 4. The van der Waals surface area contributed by atoms with E-state index < -0.39 is 0 Å². The molecular formula is C6H10N4O. The molecule has 0 radical (unpaired) electrons. The van der Waals surface area contributed by atoms with E-state index in [4.69, 9.17) is 0 Å². The monoisotopic (exact) mass is 154 g/mol. The Morgan fingerprint density at radius 1 is 1.64 bits per heavy atom. The van der Waals surface area contributed by atoms with Crippen molar-refractivity contribution in [1.29, 1.82) is 0 Å². The molecule has 0 unspecified atom stereocenters. The van der Waals surface area contributed by atoms with Gasteiger partial charge in [-0.25, -0.2) is 0 Å². The van der Waals surface area contributed by atoms with E-state index in [1.54, 1.807) is 0 Å². The van der Waals surface area contributed by atoms with Crippen LogP contribution in [0.15, 0.2) is 0 Å². The summed E-state index contributed by atoms with van der Waals surface area (Å²) >= 11 is 0. The number of tetrazole rings is 1. The van der Waals surface area contributed by atoms with Gasteiger partial charge in [-0.15, -0.1) is 10.2 Å². The van der Waals surface area contributed by atoms with Crippen LogP contribution in [0.2, 0.25) is 0 Å². The number of aryl methyl sites for hydroxylation is 1. The topological polar surface area (TPSA) is 60.7 Å². The molecule has 0 aromatic carbocycles. The lowest BCUT2D eigenvalue weighted by Gasteiger charge is -1.86. The first-order chi connectivity index (χ1) is 5.24. The van der Waals surface area contributed by atoms with E-state index in [9.17, 15) is 4.79 Å². The number of nitrogens with zero attached hydrogens (tertiary/aromatic N) is 4. The van der Waals surface area contributed by atoms with E-state index in [1.807, 2.05) is 6.92 Å².